The van der Waals surface area contributed by atoms with Crippen molar-refractivity contribution in [2.24, 2.45) is 5.92 Å². The molecule has 2 aromatic rings. The van der Waals surface area contributed by atoms with Gasteiger partial charge in [-0.05, 0) is 30.5 Å². The molecule has 2 heterocycles. The Balaban J connectivity index is 1.74. The Kier molecular flexibility index (Phi) is 4.60. The van der Waals surface area contributed by atoms with Gasteiger partial charge in [0.1, 0.15) is 5.82 Å². The topological polar surface area (TPSA) is 64.4 Å². The molecule has 1 aromatic heterocycles. The summed E-state index contributed by atoms with van der Waals surface area (Å²) < 4.78 is 47.3. The predicted molar refractivity (Wildman–Crippen MR) is 86.8 cm³/mol. The summed E-state index contributed by atoms with van der Waals surface area (Å²) in [6.07, 6.45) is 5.39. The van der Waals surface area contributed by atoms with E-state index in [1.165, 1.54) is 30.6 Å². The van der Waals surface area contributed by atoms with Gasteiger partial charge in [-0.3, -0.25) is 0 Å². The van der Waals surface area contributed by atoms with Gasteiger partial charge in [-0.15, -0.1) is 0 Å². The number of imidazole rings is 1. The lowest BCUT2D eigenvalue weighted by molar-refractivity contribution is 0.303. The van der Waals surface area contributed by atoms with Gasteiger partial charge in [0.15, 0.2) is 11.6 Å². The van der Waals surface area contributed by atoms with Crippen LogP contribution in [0.4, 0.5) is 4.39 Å². The van der Waals surface area contributed by atoms with Crippen LogP contribution in [0.15, 0.2) is 35.5 Å². The van der Waals surface area contributed by atoms with Crippen LogP contribution in [0.1, 0.15) is 12.2 Å². The number of rotatable bonds is 5. The molecule has 0 unspecified atom stereocenters. The van der Waals surface area contributed by atoms with E-state index in [1.54, 1.807) is 6.20 Å². The minimum Gasteiger partial charge on any atom is -0.494 e. The molecule has 0 bridgehead atoms. The molecule has 1 atom stereocenters. The highest BCUT2D eigenvalue weighted by Crippen LogP contribution is 2.25. The Morgan fingerprint density at radius 3 is 2.96 bits per heavy atom. The molecular formula is C16H20FN3O3S. The van der Waals surface area contributed by atoms with Crippen LogP contribution in [0.5, 0.6) is 5.75 Å². The second-order valence-corrected chi connectivity index (χ2v) is 8.03. The summed E-state index contributed by atoms with van der Waals surface area (Å²) in [4.78, 5) is 4.20. The van der Waals surface area contributed by atoms with E-state index >= 15 is 0 Å². The second-order valence-electron chi connectivity index (χ2n) is 5.98. The molecule has 0 aliphatic carbocycles. The molecule has 0 amide bonds. The maximum absolute atomic E-state index is 13.8. The lowest BCUT2D eigenvalue weighted by Gasteiger charge is -2.27. The number of ether oxygens (including phenoxy) is 1. The summed E-state index contributed by atoms with van der Waals surface area (Å²) in [6, 6.07) is 3.69. The highest BCUT2D eigenvalue weighted by Gasteiger charge is 2.27. The van der Waals surface area contributed by atoms with Crippen molar-refractivity contribution < 1.29 is 17.5 Å². The number of hydrogen-bond donors (Lipinski definition) is 0. The first-order chi connectivity index (χ1) is 11.4. The first-order valence-corrected chi connectivity index (χ1v) is 9.15. The van der Waals surface area contributed by atoms with Gasteiger partial charge >= 0.3 is 0 Å². The fourth-order valence-electron chi connectivity index (χ4n) is 3.04. The van der Waals surface area contributed by atoms with Gasteiger partial charge in [0, 0.05) is 39.0 Å². The van der Waals surface area contributed by atoms with Gasteiger partial charge in [-0.25, -0.2) is 22.1 Å². The molecule has 6 nitrogen and oxygen atoms in total. The molecule has 3 rings (SSSR count). The van der Waals surface area contributed by atoms with Crippen LogP contribution < -0.4 is 4.74 Å². The van der Waals surface area contributed by atoms with E-state index in [4.69, 9.17) is 4.74 Å². The van der Waals surface area contributed by atoms with Gasteiger partial charge in [0.2, 0.25) is 10.0 Å². The van der Waals surface area contributed by atoms with Crippen molar-refractivity contribution >= 4 is 10.0 Å². The fraction of sp³-hybridized carbons (Fsp3) is 0.438. The van der Waals surface area contributed by atoms with Crippen molar-refractivity contribution in [1.82, 2.24) is 13.9 Å². The lowest BCUT2D eigenvalue weighted by atomic mass is 10.00. The summed E-state index contributed by atoms with van der Waals surface area (Å²) in [6.45, 7) is 1.12. The van der Waals surface area contributed by atoms with Crippen LogP contribution in [-0.2, 0) is 23.0 Å². The Hall–Kier alpha value is -1.93. The van der Waals surface area contributed by atoms with E-state index < -0.39 is 15.8 Å². The quantitative estimate of drug-likeness (QED) is 0.824. The van der Waals surface area contributed by atoms with Crippen molar-refractivity contribution in [3.63, 3.8) is 0 Å². The summed E-state index contributed by atoms with van der Waals surface area (Å²) >= 11 is 0. The molecule has 0 spiro atoms. The zero-order chi connectivity index (χ0) is 17.3. The van der Waals surface area contributed by atoms with Crippen molar-refractivity contribution in [2.45, 2.75) is 24.3 Å². The van der Waals surface area contributed by atoms with Crippen LogP contribution in [0, 0.1) is 11.7 Å². The minimum atomic E-state index is -3.74. The Morgan fingerprint density at radius 1 is 1.46 bits per heavy atom. The monoisotopic (exact) mass is 353 g/mol. The highest BCUT2D eigenvalue weighted by atomic mass is 32.2. The maximum Gasteiger partial charge on any atom is 0.242 e. The van der Waals surface area contributed by atoms with Gasteiger partial charge in [-0.1, -0.05) is 0 Å². The number of halogens is 1. The van der Waals surface area contributed by atoms with E-state index in [2.05, 4.69) is 9.55 Å². The second kappa shape index (κ2) is 6.52. The number of aromatic nitrogens is 2. The van der Waals surface area contributed by atoms with Gasteiger partial charge < -0.3 is 9.30 Å². The SMILES string of the molecule is COc1ccc(S(=O)(=O)N(C)C[C@@H]2CCc3nccn3C2)cc1F. The number of nitrogens with zero attached hydrogens (tertiary/aromatic N) is 3. The third-order valence-corrected chi connectivity index (χ3v) is 6.20. The van der Waals surface area contributed by atoms with Crippen molar-refractivity contribution in [3.8, 4) is 5.75 Å². The smallest absolute Gasteiger partial charge is 0.242 e. The third-order valence-electron chi connectivity index (χ3n) is 4.38. The van der Waals surface area contributed by atoms with Crippen molar-refractivity contribution in [2.75, 3.05) is 20.7 Å². The van der Waals surface area contributed by atoms with Crippen LogP contribution in [-0.4, -0.2) is 43.0 Å². The number of fused-ring (bicyclic) bond motifs is 1. The van der Waals surface area contributed by atoms with Gasteiger partial charge in [-0.2, -0.15) is 0 Å². The van der Waals surface area contributed by atoms with Gasteiger partial charge in [0.05, 0.1) is 12.0 Å². The molecule has 1 aliphatic rings. The number of hydrogen-bond acceptors (Lipinski definition) is 4. The zero-order valence-corrected chi connectivity index (χ0v) is 14.5. The van der Waals surface area contributed by atoms with Crippen molar-refractivity contribution in [1.29, 1.82) is 0 Å². The molecular weight excluding hydrogens is 333 g/mol. The average Bonchev–Trinajstić information content (AvgIpc) is 3.02. The third kappa shape index (κ3) is 3.16. The summed E-state index contributed by atoms with van der Waals surface area (Å²) in [5.41, 5.74) is 0. The molecule has 0 fully saturated rings. The maximum atomic E-state index is 13.8. The molecule has 0 radical (unpaired) electrons. The van der Waals surface area contributed by atoms with Crippen LogP contribution >= 0.6 is 0 Å². The van der Waals surface area contributed by atoms with Gasteiger partial charge in [0.25, 0.3) is 0 Å². The van der Waals surface area contributed by atoms with E-state index in [0.717, 1.165) is 31.3 Å². The standard InChI is InChI=1S/C16H20FN3O3S/c1-19(10-12-3-6-16-18-7-8-20(16)11-12)24(21,22)13-4-5-15(23-2)14(17)9-13/h4-5,7-9,12H,3,6,10-11H2,1-2H3/t12-/m0/s1. The van der Waals surface area contributed by atoms with Crippen molar-refractivity contribution in [3.05, 3.63) is 42.2 Å². The number of sulfonamides is 1. The minimum absolute atomic E-state index is 0.0246. The fourth-order valence-corrected chi connectivity index (χ4v) is 4.29. The largest absolute Gasteiger partial charge is 0.494 e. The lowest BCUT2D eigenvalue weighted by Crippen LogP contribution is -2.35. The molecule has 0 saturated carbocycles. The Bertz CT molecular complexity index is 835. The van der Waals surface area contributed by atoms with E-state index in [1.807, 2.05) is 6.20 Å². The summed E-state index contributed by atoms with van der Waals surface area (Å²) in [5, 5.41) is 0. The summed E-state index contributed by atoms with van der Waals surface area (Å²) in [5.74, 6) is 0.577. The van der Waals surface area contributed by atoms with Crippen LogP contribution in [0.3, 0.4) is 0 Å². The first-order valence-electron chi connectivity index (χ1n) is 7.71. The normalized spacial score (nSPS) is 17.8. The van der Waals surface area contributed by atoms with Crippen LogP contribution in [0.2, 0.25) is 0 Å². The molecule has 8 heteroatoms. The highest BCUT2D eigenvalue weighted by molar-refractivity contribution is 7.89. The Labute approximate surface area is 140 Å². The number of benzene rings is 1. The first kappa shape index (κ1) is 16.9. The molecule has 0 saturated heterocycles. The summed E-state index contributed by atoms with van der Waals surface area (Å²) in [7, 11) is -0.869. The Morgan fingerprint density at radius 2 is 2.25 bits per heavy atom. The number of methoxy groups -OCH3 is 1. The molecule has 130 valence electrons. The molecule has 1 aromatic carbocycles. The van der Waals surface area contributed by atoms with E-state index in [-0.39, 0.29) is 16.6 Å². The predicted octanol–water partition coefficient (Wildman–Crippen LogP) is 1.91. The average molecular weight is 353 g/mol. The molecule has 24 heavy (non-hydrogen) atoms. The van der Waals surface area contributed by atoms with Crippen LogP contribution in [0.25, 0.3) is 0 Å². The molecule has 1 aliphatic heterocycles. The zero-order valence-electron chi connectivity index (χ0n) is 13.6. The number of aryl methyl sites for hydroxylation is 1. The van der Waals surface area contributed by atoms with E-state index in [0.29, 0.717) is 6.54 Å². The molecule has 0 N–H and O–H groups in total. The van der Waals surface area contributed by atoms with E-state index in [9.17, 15) is 12.8 Å².